The number of aromatic nitrogens is 2. The van der Waals surface area contributed by atoms with Crippen molar-refractivity contribution >= 4 is 5.91 Å². The molecule has 0 saturated heterocycles. The molecule has 2 N–H and O–H groups in total. The summed E-state index contributed by atoms with van der Waals surface area (Å²) >= 11 is 0. The lowest BCUT2D eigenvalue weighted by molar-refractivity contribution is 0.0943. The molecule has 0 aliphatic heterocycles. The molecule has 23 heavy (non-hydrogen) atoms. The quantitative estimate of drug-likeness (QED) is 0.824. The van der Waals surface area contributed by atoms with Crippen molar-refractivity contribution in [2.24, 2.45) is 5.92 Å². The first-order valence-corrected chi connectivity index (χ1v) is 7.76. The Hall–Kier alpha value is -2.21. The topological polar surface area (TPSA) is 67.2 Å². The van der Waals surface area contributed by atoms with E-state index < -0.39 is 0 Å². The number of amides is 1. The highest BCUT2D eigenvalue weighted by molar-refractivity contribution is 5.95. The smallest absolute Gasteiger partial charge is 0.254 e. The summed E-state index contributed by atoms with van der Waals surface area (Å²) in [6, 6.07) is 5.95. The maximum Gasteiger partial charge on any atom is 0.254 e. The van der Waals surface area contributed by atoms with E-state index in [4.69, 9.17) is 5.11 Å². The third kappa shape index (κ3) is 4.16. The molecule has 1 aromatic heterocycles. The summed E-state index contributed by atoms with van der Waals surface area (Å²) in [5.74, 6) is -0.241. The molecule has 0 radical (unpaired) electrons. The Labute approximate surface area is 135 Å². The maximum absolute atomic E-state index is 13.0. The van der Waals surface area contributed by atoms with Gasteiger partial charge in [-0.05, 0) is 43.5 Å². The highest BCUT2D eigenvalue weighted by atomic mass is 19.1. The lowest BCUT2D eigenvalue weighted by Gasteiger charge is -2.14. The fourth-order valence-corrected chi connectivity index (χ4v) is 2.44. The van der Waals surface area contributed by atoms with Crippen molar-refractivity contribution in [3.05, 3.63) is 47.5 Å². The fraction of sp³-hybridized carbons (Fsp3) is 0.412. The summed E-state index contributed by atoms with van der Waals surface area (Å²) in [7, 11) is 0. The van der Waals surface area contributed by atoms with Crippen LogP contribution in [0.1, 0.15) is 35.8 Å². The van der Waals surface area contributed by atoms with Crippen LogP contribution in [0.15, 0.2) is 30.5 Å². The van der Waals surface area contributed by atoms with Gasteiger partial charge >= 0.3 is 0 Å². The second kappa shape index (κ2) is 7.87. The molecule has 0 saturated carbocycles. The van der Waals surface area contributed by atoms with Crippen LogP contribution < -0.4 is 5.32 Å². The molecule has 2 aromatic rings. The predicted molar refractivity (Wildman–Crippen MR) is 86.1 cm³/mol. The van der Waals surface area contributed by atoms with Gasteiger partial charge in [0.2, 0.25) is 0 Å². The number of benzene rings is 1. The molecule has 0 aliphatic rings. The van der Waals surface area contributed by atoms with Gasteiger partial charge in [0.1, 0.15) is 5.82 Å². The van der Waals surface area contributed by atoms with Crippen molar-refractivity contribution in [2.45, 2.75) is 26.7 Å². The molecule has 1 aromatic carbocycles. The highest BCUT2D eigenvalue weighted by Gasteiger charge is 2.16. The van der Waals surface area contributed by atoms with Crippen molar-refractivity contribution in [2.75, 3.05) is 13.2 Å². The number of carbonyl (C=O) groups excluding carboxylic acids is 1. The summed E-state index contributed by atoms with van der Waals surface area (Å²) < 4.78 is 14.6. The Morgan fingerprint density at radius 2 is 2.09 bits per heavy atom. The van der Waals surface area contributed by atoms with Crippen LogP contribution in [0.5, 0.6) is 0 Å². The van der Waals surface area contributed by atoms with Crippen molar-refractivity contribution in [3.63, 3.8) is 0 Å². The number of nitrogens with one attached hydrogen (secondary N) is 1. The Balaban J connectivity index is 2.09. The molecule has 0 bridgehead atoms. The minimum atomic E-state index is -0.314. The van der Waals surface area contributed by atoms with Gasteiger partial charge in [-0.25, -0.2) is 9.07 Å². The number of hydrogen-bond donors (Lipinski definition) is 2. The molecule has 0 aliphatic carbocycles. The van der Waals surface area contributed by atoms with Gasteiger partial charge in [-0.3, -0.25) is 4.79 Å². The van der Waals surface area contributed by atoms with E-state index >= 15 is 0 Å². The van der Waals surface area contributed by atoms with E-state index in [1.54, 1.807) is 23.7 Å². The molecule has 0 fully saturated rings. The van der Waals surface area contributed by atoms with Gasteiger partial charge in [-0.1, -0.05) is 13.3 Å². The summed E-state index contributed by atoms with van der Waals surface area (Å²) in [5.41, 5.74) is 1.90. The molecular weight excluding hydrogens is 297 g/mol. The van der Waals surface area contributed by atoms with E-state index in [0.717, 1.165) is 6.42 Å². The zero-order valence-corrected chi connectivity index (χ0v) is 13.4. The highest BCUT2D eigenvalue weighted by Crippen LogP contribution is 2.15. The number of halogens is 1. The molecule has 5 nitrogen and oxygen atoms in total. The van der Waals surface area contributed by atoms with Gasteiger partial charge in [-0.15, -0.1) is 0 Å². The van der Waals surface area contributed by atoms with Crippen molar-refractivity contribution in [1.82, 2.24) is 15.1 Å². The van der Waals surface area contributed by atoms with E-state index in [0.29, 0.717) is 29.9 Å². The van der Waals surface area contributed by atoms with E-state index in [-0.39, 0.29) is 24.2 Å². The van der Waals surface area contributed by atoms with Gasteiger partial charge in [0.05, 0.1) is 23.1 Å². The van der Waals surface area contributed by atoms with Gasteiger partial charge in [0, 0.05) is 13.2 Å². The van der Waals surface area contributed by atoms with Crippen LogP contribution in [-0.2, 0) is 0 Å². The average molecular weight is 319 g/mol. The standard InChI is InChI=1S/C17H22FN3O2/c1-3-13(8-9-22)10-19-17(23)16-11-20-21(12(16)2)15-6-4-14(18)5-7-15/h4-7,11,13,22H,3,8-10H2,1-2H3,(H,19,23). The van der Waals surface area contributed by atoms with E-state index in [1.807, 2.05) is 6.92 Å². The number of carbonyl (C=O) groups is 1. The van der Waals surface area contributed by atoms with Crippen LogP contribution in [0.2, 0.25) is 0 Å². The van der Waals surface area contributed by atoms with Crippen molar-refractivity contribution in [3.8, 4) is 5.69 Å². The maximum atomic E-state index is 13.0. The second-order valence-corrected chi connectivity index (χ2v) is 5.53. The van der Waals surface area contributed by atoms with Crippen LogP contribution in [0, 0.1) is 18.7 Å². The molecule has 124 valence electrons. The summed E-state index contributed by atoms with van der Waals surface area (Å²) in [6.07, 6.45) is 3.08. The SMILES string of the molecule is CCC(CCO)CNC(=O)c1cnn(-c2ccc(F)cc2)c1C. The average Bonchev–Trinajstić information content (AvgIpc) is 2.93. The molecule has 1 atom stereocenters. The van der Waals surface area contributed by atoms with Crippen LogP contribution in [0.25, 0.3) is 5.69 Å². The zero-order valence-electron chi connectivity index (χ0n) is 13.4. The molecule has 0 spiro atoms. The van der Waals surface area contributed by atoms with Gasteiger partial charge in [0.25, 0.3) is 5.91 Å². The monoisotopic (exact) mass is 319 g/mol. The van der Waals surface area contributed by atoms with Crippen LogP contribution in [0.4, 0.5) is 4.39 Å². The number of aliphatic hydroxyl groups excluding tert-OH is 1. The normalized spacial score (nSPS) is 12.2. The van der Waals surface area contributed by atoms with Gasteiger partial charge < -0.3 is 10.4 Å². The minimum absolute atomic E-state index is 0.121. The number of rotatable bonds is 7. The van der Waals surface area contributed by atoms with Crippen molar-refractivity contribution in [1.29, 1.82) is 0 Å². The van der Waals surface area contributed by atoms with E-state index in [1.165, 1.54) is 18.3 Å². The molecule has 1 amide bonds. The first kappa shape index (κ1) is 17.1. The third-order valence-electron chi connectivity index (χ3n) is 3.99. The minimum Gasteiger partial charge on any atom is -0.396 e. The van der Waals surface area contributed by atoms with Gasteiger partial charge in [0.15, 0.2) is 0 Å². The lowest BCUT2D eigenvalue weighted by atomic mass is 10.0. The van der Waals surface area contributed by atoms with Crippen LogP contribution in [0.3, 0.4) is 0 Å². The van der Waals surface area contributed by atoms with E-state index in [2.05, 4.69) is 10.4 Å². The van der Waals surface area contributed by atoms with Crippen LogP contribution >= 0.6 is 0 Å². The fourth-order valence-electron chi connectivity index (χ4n) is 2.44. The van der Waals surface area contributed by atoms with Crippen LogP contribution in [-0.4, -0.2) is 33.9 Å². The summed E-state index contributed by atoms with van der Waals surface area (Å²) in [6.45, 7) is 4.48. The first-order valence-electron chi connectivity index (χ1n) is 7.76. The second-order valence-electron chi connectivity index (χ2n) is 5.53. The molecule has 2 rings (SSSR count). The zero-order chi connectivity index (χ0) is 16.8. The molecule has 1 heterocycles. The lowest BCUT2D eigenvalue weighted by Crippen LogP contribution is -2.29. The summed E-state index contributed by atoms with van der Waals surface area (Å²) in [4.78, 5) is 12.3. The third-order valence-corrected chi connectivity index (χ3v) is 3.99. The Bertz CT molecular complexity index is 652. The van der Waals surface area contributed by atoms with Gasteiger partial charge in [-0.2, -0.15) is 5.10 Å². The Morgan fingerprint density at radius 3 is 2.70 bits per heavy atom. The van der Waals surface area contributed by atoms with E-state index in [9.17, 15) is 9.18 Å². The molecule has 1 unspecified atom stereocenters. The Morgan fingerprint density at radius 1 is 1.39 bits per heavy atom. The predicted octanol–water partition coefficient (Wildman–Crippen LogP) is 2.46. The number of nitrogens with zero attached hydrogens (tertiary/aromatic N) is 2. The Kier molecular flexibility index (Phi) is 5.87. The molecule has 6 heteroatoms. The molecular formula is C17H22FN3O2. The first-order chi connectivity index (χ1) is 11.1. The summed E-state index contributed by atoms with van der Waals surface area (Å²) in [5, 5.41) is 16.1. The van der Waals surface area contributed by atoms with Crippen molar-refractivity contribution < 1.29 is 14.3 Å². The number of aliphatic hydroxyl groups is 1. The number of hydrogen-bond acceptors (Lipinski definition) is 3. The largest absolute Gasteiger partial charge is 0.396 e.